The van der Waals surface area contributed by atoms with Crippen LogP contribution in [0.2, 0.25) is 0 Å². The number of carboxylic acids is 1. The Morgan fingerprint density at radius 3 is 2.85 bits per heavy atom. The summed E-state index contributed by atoms with van der Waals surface area (Å²) < 4.78 is 5.23. The fourth-order valence-electron chi connectivity index (χ4n) is 1.63. The van der Waals surface area contributed by atoms with E-state index in [0.717, 1.165) is 6.07 Å². The largest absolute Gasteiger partial charge is 0.478 e. The highest BCUT2D eigenvalue weighted by Gasteiger charge is 2.15. The van der Waals surface area contributed by atoms with Gasteiger partial charge in [0.15, 0.2) is 0 Å². The fraction of sp³-hybridized carbons (Fsp3) is 0.167. The van der Waals surface area contributed by atoms with Gasteiger partial charge in [-0.3, -0.25) is 10.1 Å². The highest BCUT2D eigenvalue weighted by Crippen LogP contribution is 2.23. The predicted octanol–water partition coefficient (Wildman–Crippen LogP) is 2.20. The van der Waals surface area contributed by atoms with Crippen LogP contribution < -0.4 is 5.32 Å². The summed E-state index contributed by atoms with van der Waals surface area (Å²) in [6, 6.07) is 3.49. The minimum atomic E-state index is -1.18. The van der Waals surface area contributed by atoms with E-state index in [1.54, 1.807) is 6.92 Å². The van der Waals surface area contributed by atoms with E-state index in [2.05, 4.69) is 10.3 Å². The summed E-state index contributed by atoms with van der Waals surface area (Å²) in [4.78, 5) is 25.1. The number of aromatic carboxylic acids is 1. The molecule has 0 saturated carbocycles. The molecule has 8 heteroatoms. The lowest BCUT2D eigenvalue weighted by Gasteiger charge is -2.07. The Morgan fingerprint density at radius 2 is 2.30 bits per heavy atom. The second-order valence-electron chi connectivity index (χ2n) is 4.01. The lowest BCUT2D eigenvalue weighted by Crippen LogP contribution is -2.07. The van der Waals surface area contributed by atoms with Crippen molar-refractivity contribution < 1.29 is 19.2 Å². The lowest BCUT2D eigenvalue weighted by atomic mass is 10.1. The van der Waals surface area contributed by atoms with Crippen molar-refractivity contribution in [3.05, 3.63) is 51.7 Å². The van der Waals surface area contributed by atoms with Crippen molar-refractivity contribution in [1.29, 1.82) is 0 Å². The molecule has 8 nitrogen and oxygen atoms in total. The molecule has 0 saturated heterocycles. The standard InChI is InChI=1S/C12H11N3O5/c1-7-5-14-11(20-7)6-13-10-4-8(15(18)19)2-3-9(10)12(16)17/h2-5,13H,6H2,1H3,(H,16,17). The summed E-state index contributed by atoms with van der Waals surface area (Å²) in [5.41, 5.74) is -0.109. The third kappa shape index (κ3) is 2.91. The predicted molar refractivity (Wildman–Crippen MR) is 68.6 cm³/mol. The van der Waals surface area contributed by atoms with E-state index in [9.17, 15) is 14.9 Å². The summed E-state index contributed by atoms with van der Waals surface area (Å²) in [5.74, 6) is -0.185. The van der Waals surface area contributed by atoms with E-state index in [1.807, 2.05) is 0 Å². The molecule has 0 aliphatic heterocycles. The molecule has 0 unspecified atom stereocenters. The number of hydrogen-bond donors (Lipinski definition) is 2. The Morgan fingerprint density at radius 1 is 1.55 bits per heavy atom. The average molecular weight is 277 g/mol. The third-order valence-corrected chi connectivity index (χ3v) is 2.54. The molecule has 0 atom stereocenters. The van der Waals surface area contributed by atoms with Crippen LogP contribution in [0.4, 0.5) is 11.4 Å². The number of carbonyl (C=O) groups is 1. The summed E-state index contributed by atoms with van der Waals surface area (Å²) in [7, 11) is 0. The minimum Gasteiger partial charge on any atom is -0.478 e. The number of rotatable bonds is 5. The maximum Gasteiger partial charge on any atom is 0.337 e. The molecule has 1 aromatic carbocycles. The molecular formula is C12H11N3O5. The second-order valence-corrected chi connectivity index (χ2v) is 4.01. The first-order valence-electron chi connectivity index (χ1n) is 5.64. The first kappa shape index (κ1) is 13.5. The van der Waals surface area contributed by atoms with Gasteiger partial charge in [-0.2, -0.15) is 0 Å². The summed E-state index contributed by atoms with van der Waals surface area (Å²) in [5, 5.41) is 22.5. The molecule has 0 aliphatic carbocycles. The number of oxazole rings is 1. The SMILES string of the molecule is Cc1cnc(CNc2cc([N+](=O)[O-])ccc2C(=O)O)o1. The third-order valence-electron chi connectivity index (χ3n) is 2.54. The van der Waals surface area contributed by atoms with Crippen molar-refractivity contribution in [3.8, 4) is 0 Å². The van der Waals surface area contributed by atoms with E-state index in [4.69, 9.17) is 9.52 Å². The van der Waals surface area contributed by atoms with Crippen molar-refractivity contribution in [1.82, 2.24) is 4.98 Å². The van der Waals surface area contributed by atoms with Gasteiger partial charge >= 0.3 is 5.97 Å². The number of aromatic nitrogens is 1. The average Bonchev–Trinajstić information content (AvgIpc) is 2.81. The number of non-ortho nitro benzene ring substituents is 1. The molecule has 0 spiro atoms. The van der Waals surface area contributed by atoms with Gasteiger partial charge in [0.05, 0.1) is 28.9 Å². The maximum atomic E-state index is 11.1. The number of nitro groups is 1. The topological polar surface area (TPSA) is 118 Å². The number of aryl methyl sites for hydroxylation is 1. The van der Waals surface area contributed by atoms with Crippen LogP contribution in [0.25, 0.3) is 0 Å². The highest BCUT2D eigenvalue weighted by atomic mass is 16.6. The van der Waals surface area contributed by atoms with Crippen LogP contribution >= 0.6 is 0 Å². The molecule has 0 radical (unpaired) electrons. The van der Waals surface area contributed by atoms with Gasteiger partial charge < -0.3 is 14.8 Å². The number of nitro benzene ring substituents is 1. The van der Waals surface area contributed by atoms with Gasteiger partial charge in [0, 0.05) is 12.1 Å². The van der Waals surface area contributed by atoms with E-state index in [1.165, 1.54) is 18.3 Å². The molecule has 1 heterocycles. The highest BCUT2D eigenvalue weighted by molar-refractivity contribution is 5.94. The molecule has 0 amide bonds. The van der Waals surface area contributed by atoms with E-state index < -0.39 is 10.9 Å². The number of nitrogens with zero attached hydrogens (tertiary/aromatic N) is 2. The van der Waals surface area contributed by atoms with E-state index in [-0.39, 0.29) is 23.5 Å². The van der Waals surface area contributed by atoms with Crippen molar-refractivity contribution in [3.63, 3.8) is 0 Å². The Kier molecular flexibility index (Phi) is 3.65. The summed E-state index contributed by atoms with van der Waals surface area (Å²) >= 11 is 0. The van der Waals surface area contributed by atoms with Crippen molar-refractivity contribution >= 4 is 17.3 Å². The van der Waals surface area contributed by atoms with Crippen molar-refractivity contribution in [2.45, 2.75) is 13.5 Å². The molecule has 2 rings (SSSR count). The van der Waals surface area contributed by atoms with Gasteiger partial charge in [-0.05, 0) is 13.0 Å². The van der Waals surface area contributed by atoms with Gasteiger partial charge in [0.1, 0.15) is 5.76 Å². The Balaban J connectivity index is 2.25. The van der Waals surface area contributed by atoms with Crippen LogP contribution in [-0.2, 0) is 6.54 Å². The monoisotopic (exact) mass is 277 g/mol. The molecule has 2 aromatic rings. The van der Waals surface area contributed by atoms with Gasteiger partial charge in [0.2, 0.25) is 5.89 Å². The second kappa shape index (κ2) is 5.39. The van der Waals surface area contributed by atoms with Gasteiger partial charge in [-0.25, -0.2) is 9.78 Å². The van der Waals surface area contributed by atoms with Crippen LogP contribution in [0.1, 0.15) is 22.0 Å². The summed E-state index contributed by atoms with van der Waals surface area (Å²) in [6.07, 6.45) is 1.53. The van der Waals surface area contributed by atoms with E-state index >= 15 is 0 Å². The molecule has 1 aromatic heterocycles. The van der Waals surface area contributed by atoms with Crippen LogP contribution in [0.3, 0.4) is 0 Å². The normalized spacial score (nSPS) is 10.2. The number of nitrogens with one attached hydrogen (secondary N) is 1. The molecular weight excluding hydrogens is 266 g/mol. The van der Waals surface area contributed by atoms with Gasteiger partial charge in [-0.1, -0.05) is 0 Å². The quantitative estimate of drug-likeness (QED) is 0.635. The Bertz CT molecular complexity index is 665. The molecule has 104 valence electrons. The van der Waals surface area contributed by atoms with Gasteiger partial charge in [-0.15, -0.1) is 0 Å². The van der Waals surface area contributed by atoms with Crippen molar-refractivity contribution in [2.75, 3.05) is 5.32 Å². The number of carboxylic acid groups (broad SMARTS) is 1. The van der Waals surface area contributed by atoms with Crippen LogP contribution in [-0.4, -0.2) is 21.0 Å². The first-order chi connectivity index (χ1) is 9.47. The lowest BCUT2D eigenvalue weighted by molar-refractivity contribution is -0.384. The molecule has 2 N–H and O–H groups in total. The fourth-order valence-corrected chi connectivity index (χ4v) is 1.63. The zero-order chi connectivity index (χ0) is 14.7. The Hall–Kier alpha value is -2.90. The first-order valence-corrected chi connectivity index (χ1v) is 5.64. The molecule has 0 fully saturated rings. The Labute approximate surface area is 113 Å². The smallest absolute Gasteiger partial charge is 0.337 e. The number of benzene rings is 1. The number of hydrogen-bond acceptors (Lipinski definition) is 6. The molecule has 20 heavy (non-hydrogen) atoms. The number of anilines is 1. The molecule has 0 aliphatic rings. The summed E-state index contributed by atoms with van der Waals surface area (Å²) in [6.45, 7) is 1.86. The van der Waals surface area contributed by atoms with Crippen LogP contribution in [0.5, 0.6) is 0 Å². The van der Waals surface area contributed by atoms with Crippen LogP contribution in [0, 0.1) is 17.0 Å². The molecule has 0 bridgehead atoms. The minimum absolute atomic E-state index is 0.0566. The zero-order valence-electron chi connectivity index (χ0n) is 10.5. The maximum absolute atomic E-state index is 11.1. The van der Waals surface area contributed by atoms with Gasteiger partial charge in [0.25, 0.3) is 5.69 Å². The van der Waals surface area contributed by atoms with Crippen molar-refractivity contribution in [2.24, 2.45) is 0 Å². The van der Waals surface area contributed by atoms with Crippen LogP contribution in [0.15, 0.2) is 28.8 Å². The zero-order valence-corrected chi connectivity index (χ0v) is 10.5. The van der Waals surface area contributed by atoms with E-state index in [0.29, 0.717) is 11.7 Å².